The maximum absolute atomic E-state index is 12.8. The SMILES string of the molecule is Cc1cccc(-n2nnnc2SC(C)C(=O)N(C(C)C)C(C)C)c1C. The maximum atomic E-state index is 12.8. The van der Waals surface area contributed by atoms with Gasteiger partial charge in [0.25, 0.3) is 0 Å². The van der Waals surface area contributed by atoms with Gasteiger partial charge in [-0.1, -0.05) is 23.9 Å². The number of hydrogen-bond donors (Lipinski definition) is 0. The number of thioether (sulfide) groups is 1. The zero-order valence-corrected chi connectivity index (χ0v) is 16.8. The van der Waals surface area contributed by atoms with Gasteiger partial charge < -0.3 is 4.90 Å². The summed E-state index contributed by atoms with van der Waals surface area (Å²) in [6, 6.07) is 6.35. The first-order valence-electron chi connectivity index (χ1n) is 8.57. The molecule has 0 saturated heterocycles. The molecule has 0 radical (unpaired) electrons. The second-order valence-corrected chi connectivity index (χ2v) is 8.09. The van der Waals surface area contributed by atoms with Crippen LogP contribution in [0.2, 0.25) is 0 Å². The summed E-state index contributed by atoms with van der Waals surface area (Å²) in [5.74, 6) is 0.102. The molecular weight excluding hydrogens is 334 g/mol. The lowest BCUT2D eigenvalue weighted by atomic mass is 10.1. The number of aryl methyl sites for hydroxylation is 1. The highest BCUT2D eigenvalue weighted by molar-refractivity contribution is 8.00. The van der Waals surface area contributed by atoms with Crippen molar-refractivity contribution in [2.24, 2.45) is 0 Å². The molecule has 1 unspecified atom stereocenters. The first-order chi connectivity index (χ1) is 11.7. The van der Waals surface area contributed by atoms with Crippen LogP contribution in [-0.2, 0) is 4.79 Å². The topological polar surface area (TPSA) is 63.9 Å². The second-order valence-electron chi connectivity index (χ2n) is 6.79. The molecule has 0 spiro atoms. The Morgan fingerprint density at radius 3 is 2.36 bits per heavy atom. The number of aromatic nitrogens is 4. The summed E-state index contributed by atoms with van der Waals surface area (Å²) in [7, 11) is 0. The van der Waals surface area contributed by atoms with Crippen LogP contribution < -0.4 is 0 Å². The van der Waals surface area contributed by atoms with Crippen molar-refractivity contribution in [3.8, 4) is 5.69 Å². The molecule has 0 N–H and O–H groups in total. The van der Waals surface area contributed by atoms with E-state index in [2.05, 4.69) is 35.4 Å². The van der Waals surface area contributed by atoms with Crippen molar-refractivity contribution in [1.29, 1.82) is 0 Å². The molecule has 1 heterocycles. The average Bonchev–Trinajstić information content (AvgIpc) is 2.97. The van der Waals surface area contributed by atoms with E-state index >= 15 is 0 Å². The standard InChI is InChI=1S/C18H27N5OS/c1-11(2)22(12(3)4)17(24)15(7)25-18-19-20-21-23(18)16-10-8-9-13(5)14(16)6/h8-12,15H,1-7H3. The number of amides is 1. The third kappa shape index (κ3) is 4.21. The number of carbonyl (C=O) groups is 1. The van der Waals surface area contributed by atoms with E-state index in [1.54, 1.807) is 4.68 Å². The molecule has 1 atom stereocenters. The molecular formula is C18H27N5OS. The maximum Gasteiger partial charge on any atom is 0.236 e. The summed E-state index contributed by atoms with van der Waals surface area (Å²) < 4.78 is 1.71. The molecule has 0 aliphatic heterocycles. The average molecular weight is 362 g/mol. The summed E-state index contributed by atoms with van der Waals surface area (Å²) >= 11 is 1.39. The van der Waals surface area contributed by atoms with E-state index in [0.29, 0.717) is 5.16 Å². The van der Waals surface area contributed by atoms with Crippen molar-refractivity contribution >= 4 is 17.7 Å². The predicted molar refractivity (Wildman–Crippen MR) is 101 cm³/mol. The largest absolute Gasteiger partial charge is 0.337 e. The molecule has 1 aromatic heterocycles. The van der Waals surface area contributed by atoms with Crippen LogP contribution in [0.3, 0.4) is 0 Å². The van der Waals surface area contributed by atoms with E-state index in [1.807, 2.05) is 51.7 Å². The lowest BCUT2D eigenvalue weighted by Gasteiger charge is -2.32. The van der Waals surface area contributed by atoms with E-state index in [9.17, 15) is 4.79 Å². The predicted octanol–water partition coefficient (Wildman–Crippen LogP) is 3.41. The van der Waals surface area contributed by atoms with Gasteiger partial charge in [0.1, 0.15) is 0 Å². The molecule has 0 bridgehead atoms. The van der Waals surface area contributed by atoms with Crippen LogP contribution in [0.15, 0.2) is 23.4 Å². The minimum Gasteiger partial charge on any atom is -0.337 e. The van der Waals surface area contributed by atoms with Gasteiger partial charge >= 0.3 is 0 Å². The summed E-state index contributed by atoms with van der Waals surface area (Å²) in [5, 5.41) is 12.4. The summed E-state index contributed by atoms with van der Waals surface area (Å²) in [5.41, 5.74) is 3.25. The minimum atomic E-state index is -0.264. The fourth-order valence-corrected chi connectivity index (χ4v) is 3.75. The molecule has 1 amide bonds. The van der Waals surface area contributed by atoms with Crippen molar-refractivity contribution in [3.63, 3.8) is 0 Å². The van der Waals surface area contributed by atoms with Gasteiger partial charge in [0, 0.05) is 12.1 Å². The Kier molecular flexibility index (Phi) is 6.21. The van der Waals surface area contributed by atoms with Crippen molar-refractivity contribution in [3.05, 3.63) is 29.3 Å². The molecule has 136 valence electrons. The third-order valence-electron chi connectivity index (χ3n) is 4.24. The van der Waals surface area contributed by atoms with Crippen LogP contribution >= 0.6 is 11.8 Å². The number of carbonyl (C=O) groups excluding carboxylic acids is 1. The number of nitrogens with zero attached hydrogens (tertiary/aromatic N) is 5. The van der Waals surface area contributed by atoms with Crippen LogP contribution in [0.4, 0.5) is 0 Å². The van der Waals surface area contributed by atoms with Crippen LogP contribution in [0, 0.1) is 13.8 Å². The highest BCUT2D eigenvalue weighted by Crippen LogP contribution is 2.27. The van der Waals surface area contributed by atoms with Crippen LogP contribution in [-0.4, -0.2) is 48.3 Å². The van der Waals surface area contributed by atoms with Gasteiger partial charge in [-0.15, -0.1) is 5.10 Å². The Morgan fingerprint density at radius 2 is 1.76 bits per heavy atom. The summed E-state index contributed by atoms with van der Waals surface area (Å²) in [4.78, 5) is 14.8. The molecule has 0 aliphatic rings. The number of tetrazole rings is 1. The Balaban J connectivity index is 2.26. The Hall–Kier alpha value is -1.89. The fourth-order valence-electron chi connectivity index (χ4n) is 2.89. The quantitative estimate of drug-likeness (QED) is 0.738. The van der Waals surface area contributed by atoms with Gasteiger partial charge in [0.2, 0.25) is 11.1 Å². The van der Waals surface area contributed by atoms with E-state index in [-0.39, 0.29) is 23.2 Å². The van der Waals surface area contributed by atoms with Gasteiger partial charge in [-0.25, -0.2) is 0 Å². The normalized spacial score (nSPS) is 12.7. The Labute approximate surface area is 154 Å². The van der Waals surface area contributed by atoms with Crippen molar-refractivity contribution in [2.45, 2.75) is 71.0 Å². The fraction of sp³-hybridized carbons (Fsp3) is 0.556. The molecule has 7 heteroatoms. The van der Waals surface area contributed by atoms with Crippen LogP contribution in [0.25, 0.3) is 5.69 Å². The van der Waals surface area contributed by atoms with Gasteiger partial charge in [-0.3, -0.25) is 4.79 Å². The molecule has 6 nitrogen and oxygen atoms in total. The van der Waals surface area contributed by atoms with Crippen LogP contribution in [0.5, 0.6) is 0 Å². The highest BCUT2D eigenvalue weighted by Gasteiger charge is 2.27. The van der Waals surface area contributed by atoms with E-state index in [1.165, 1.54) is 17.3 Å². The smallest absolute Gasteiger partial charge is 0.236 e. The third-order valence-corrected chi connectivity index (χ3v) is 5.26. The highest BCUT2D eigenvalue weighted by atomic mass is 32.2. The van der Waals surface area contributed by atoms with Crippen molar-refractivity contribution in [2.75, 3.05) is 0 Å². The van der Waals surface area contributed by atoms with Gasteiger partial charge in [0.15, 0.2) is 0 Å². The van der Waals surface area contributed by atoms with E-state index < -0.39 is 0 Å². The van der Waals surface area contributed by atoms with E-state index in [0.717, 1.165) is 11.3 Å². The van der Waals surface area contributed by atoms with Crippen molar-refractivity contribution in [1.82, 2.24) is 25.1 Å². The van der Waals surface area contributed by atoms with Crippen LogP contribution in [0.1, 0.15) is 45.7 Å². The van der Waals surface area contributed by atoms with Gasteiger partial charge in [-0.2, -0.15) is 4.68 Å². The molecule has 1 aromatic carbocycles. The van der Waals surface area contributed by atoms with E-state index in [4.69, 9.17) is 0 Å². The monoisotopic (exact) mass is 361 g/mol. The molecule has 0 aliphatic carbocycles. The molecule has 25 heavy (non-hydrogen) atoms. The lowest BCUT2D eigenvalue weighted by Crippen LogP contribution is -2.45. The number of rotatable bonds is 6. The molecule has 0 fully saturated rings. The first kappa shape index (κ1) is 19.4. The zero-order valence-electron chi connectivity index (χ0n) is 16.0. The number of benzene rings is 1. The first-order valence-corrected chi connectivity index (χ1v) is 9.45. The minimum absolute atomic E-state index is 0.102. The summed E-state index contributed by atoms with van der Waals surface area (Å²) in [6.07, 6.45) is 0. The van der Waals surface area contributed by atoms with Gasteiger partial charge in [0.05, 0.1) is 10.9 Å². The molecule has 2 aromatic rings. The lowest BCUT2D eigenvalue weighted by molar-refractivity contribution is -0.133. The summed E-state index contributed by atoms with van der Waals surface area (Å²) in [6.45, 7) is 14.2. The zero-order chi connectivity index (χ0) is 18.7. The molecule has 2 rings (SSSR count). The number of hydrogen-bond acceptors (Lipinski definition) is 5. The van der Waals surface area contributed by atoms with Crippen molar-refractivity contribution < 1.29 is 4.79 Å². The second kappa shape index (κ2) is 7.99. The Morgan fingerprint density at radius 1 is 1.12 bits per heavy atom. The Bertz CT molecular complexity index is 733. The van der Waals surface area contributed by atoms with Gasteiger partial charge in [-0.05, 0) is 76.1 Å². The molecule has 0 saturated carbocycles.